The molecule has 0 bridgehead atoms. The summed E-state index contributed by atoms with van der Waals surface area (Å²) < 4.78 is 7.23. The van der Waals surface area contributed by atoms with E-state index in [1.54, 1.807) is 12.4 Å². The molecule has 152 valence electrons. The van der Waals surface area contributed by atoms with E-state index >= 15 is 0 Å². The fraction of sp³-hybridized carbons (Fsp3) is 0.429. The van der Waals surface area contributed by atoms with E-state index in [4.69, 9.17) is 9.84 Å². The van der Waals surface area contributed by atoms with E-state index in [1.807, 2.05) is 35.9 Å². The maximum absolute atomic E-state index is 12.4. The van der Waals surface area contributed by atoms with Crippen molar-refractivity contribution >= 4 is 17.1 Å². The van der Waals surface area contributed by atoms with Gasteiger partial charge in [-0.25, -0.2) is 14.6 Å². The molecule has 4 rings (SSSR count). The van der Waals surface area contributed by atoms with Gasteiger partial charge in [0, 0.05) is 43.6 Å². The molecular formula is C21H26N6O2. The van der Waals surface area contributed by atoms with Crippen molar-refractivity contribution < 1.29 is 9.53 Å². The predicted molar refractivity (Wildman–Crippen MR) is 110 cm³/mol. The van der Waals surface area contributed by atoms with E-state index < -0.39 is 0 Å². The fourth-order valence-corrected chi connectivity index (χ4v) is 3.59. The van der Waals surface area contributed by atoms with Crippen LogP contribution in [0.25, 0.3) is 11.2 Å². The first-order valence-electron chi connectivity index (χ1n) is 10.1. The molecule has 1 saturated heterocycles. The molecular weight excluding hydrogens is 368 g/mol. The summed E-state index contributed by atoms with van der Waals surface area (Å²) in [6.07, 6.45) is 4.44. The number of rotatable bonds is 8. The Bertz CT molecular complexity index is 963. The highest BCUT2D eigenvalue weighted by atomic mass is 16.5. The zero-order valence-electron chi connectivity index (χ0n) is 16.6. The predicted octanol–water partition coefficient (Wildman–Crippen LogP) is 1.87. The van der Waals surface area contributed by atoms with Crippen LogP contribution in [0.4, 0.5) is 0 Å². The van der Waals surface area contributed by atoms with E-state index in [0.29, 0.717) is 37.8 Å². The van der Waals surface area contributed by atoms with Crippen molar-refractivity contribution in [3.8, 4) is 0 Å². The second-order valence-corrected chi connectivity index (χ2v) is 7.12. The molecule has 1 aliphatic heterocycles. The Morgan fingerprint density at radius 3 is 2.86 bits per heavy atom. The molecule has 0 radical (unpaired) electrons. The van der Waals surface area contributed by atoms with Crippen LogP contribution in [0.1, 0.15) is 40.9 Å². The Morgan fingerprint density at radius 2 is 2.10 bits per heavy atom. The molecule has 0 aliphatic carbocycles. The number of nitrogens with one attached hydrogen (secondary N) is 2. The molecule has 1 fully saturated rings. The number of benzene rings is 1. The minimum Gasteiger partial charge on any atom is -0.377 e. The highest BCUT2D eigenvalue weighted by Gasteiger charge is 2.24. The van der Waals surface area contributed by atoms with Crippen molar-refractivity contribution in [2.45, 2.75) is 32.4 Å². The first-order chi connectivity index (χ1) is 14.3. The van der Waals surface area contributed by atoms with Crippen molar-refractivity contribution in [3.05, 3.63) is 53.5 Å². The molecule has 0 spiro atoms. The summed E-state index contributed by atoms with van der Waals surface area (Å²) in [5.74, 6) is 0.260. The van der Waals surface area contributed by atoms with Gasteiger partial charge in [-0.3, -0.25) is 4.79 Å². The lowest BCUT2D eigenvalue weighted by Gasteiger charge is -2.07. The summed E-state index contributed by atoms with van der Waals surface area (Å²) in [6, 6.07) is 7.49. The Kier molecular flexibility index (Phi) is 6.12. The number of aromatic nitrogens is 4. The van der Waals surface area contributed by atoms with Crippen LogP contribution in [0.5, 0.6) is 0 Å². The monoisotopic (exact) mass is 394 g/mol. The van der Waals surface area contributed by atoms with E-state index in [9.17, 15) is 4.79 Å². The van der Waals surface area contributed by atoms with Crippen molar-refractivity contribution in [3.63, 3.8) is 0 Å². The smallest absolute Gasteiger partial charge is 0.251 e. The van der Waals surface area contributed by atoms with E-state index in [-0.39, 0.29) is 5.91 Å². The summed E-state index contributed by atoms with van der Waals surface area (Å²) in [4.78, 5) is 21.4. The van der Waals surface area contributed by atoms with Gasteiger partial charge < -0.3 is 15.4 Å². The van der Waals surface area contributed by atoms with Gasteiger partial charge in [-0.2, -0.15) is 5.10 Å². The zero-order chi connectivity index (χ0) is 20.1. The Morgan fingerprint density at radius 1 is 1.28 bits per heavy atom. The number of fused-ring (bicyclic) bond motifs is 1. The van der Waals surface area contributed by atoms with E-state index in [2.05, 4.69) is 20.6 Å². The van der Waals surface area contributed by atoms with Crippen LogP contribution in [-0.4, -0.2) is 51.9 Å². The summed E-state index contributed by atoms with van der Waals surface area (Å²) in [5.41, 5.74) is 4.31. The zero-order valence-corrected chi connectivity index (χ0v) is 16.6. The number of hydrogen-bond acceptors (Lipinski definition) is 6. The minimum atomic E-state index is -0.101. The third kappa shape index (κ3) is 4.44. The number of carbonyl (C=O) groups is 1. The van der Waals surface area contributed by atoms with Crippen LogP contribution in [0.15, 0.2) is 36.7 Å². The van der Waals surface area contributed by atoms with Gasteiger partial charge in [0.2, 0.25) is 0 Å². The lowest BCUT2D eigenvalue weighted by Crippen LogP contribution is -2.27. The maximum atomic E-state index is 12.4. The van der Waals surface area contributed by atoms with Crippen molar-refractivity contribution in [1.29, 1.82) is 0 Å². The first-order valence-corrected chi connectivity index (χ1v) is 10.1. The molecule has 1 aromatic carbocycles. The summed E-state index contributed by atoms with van der Waals surface area (Å²) in [7, 11) is 0. The third-order valence-corrected chi connectivity index (χ3v) is 5.14. The largest absolute Gasteiger partial charge is 0.377 e. The van der Waals surface area contributed by atoms with Gasteiger partial charge >= 0.3 is 0 Å². The second-order valence-electron chi connectivity index (χ2n) is 7.12. The Labute approximate surface area is 169 Å². The highest BCUT2D eigenvalue weighted by Crippen LogP contribution is 2.26. The summed E-state index contributed by atoms with van der Waals surface area (Å²) in [6.45, 7) is 6.12. The normalized spacial score (nSPS) is 16.4. The van der Waals surface area contributed by atoms with Gasteiger partial charge in [-0.15, -0.1) is 0 Å². The van der Waals surface area contributed by atoms with Gasteiger partial charge in [0.25, 0.3) is 5.91 Å². The van der Waals surface area contributed by atoms with Crippen LogP contribution in [0.2, 0.25) is 0 Å². The molecule has 1 amide bonds. The summed E-state index contributed by atoms with van der Waals surface area (Å²) >= 11 is 0. The summed E-state index contributed by atoms with van der Waals surface area (Å²) in [5, 5.41) is 11.1. The topological polar surface area (TPSA) is 94.0 Å². The number of hydrogen-bond donors (Lipinski definition) is 2. The van der Waals surface area contributed by atoms with Crippen LogP contribution >= 0.6 is 0 Å². The van der Waals surface area contributed by atoms with Gasteiger partial charge in [-0.05, 0) is 37.6 Å². The molecule has 8 heteroatoms. The lowest BCUT2D eigenvalue weighted by molar-refractivity contribution is 0.0951. The molecule has 1 unspecified atom stereocenters. The minimum absolute atomic E-state index is 0.101. The molecule has 1 atom stereocenters. The van der Waals surface area contributed by atoms with Gasteiger partial charge in [0.1, 0.15) is 5.52 Å². The molecule has 2 aromatic heterocycles. The van der Waals surface area contributed by atoms with Crippen LogP contribution in [-0.2, 0) is 17.9 Å². The number of nitrogens with zero attached hydrogens (tertiary/aromatic N) is 4. The van der Waals surface area contributed by atoms with Crippen molar-refractivity contribution in [2.24, 2.45) is 0 Å². The molecule has 3 heterocycles. The molecule has 8 nitrogen and oxygen atoms in total. The number of carbonyl (C=O) groups excluding carboxylic acids is 1. The average Bonchev–Trinajstić information content (AvgIpc) is 3.41. The van der Waals surface area contributed by atoms with E-state index in [0.717, 1.165) is 41.9 Å². The Balaban J connectivity index is 1.39. The van der Waals surface area contributed by atoms with Crippen LogP contribution in [0.3, 0.4) is 0 Å². The molecule has 3 aromatic rings. The first kappa shape index (κ1) is 19.5. The molecule has 29 heavy (non-hydrogen) atoms. The fourth-order valence-electron chi connectivity index (χ4n) is 3.59. The van der Waals surface area contributed by atoms with Crippen molar-refractivity contribution in [2.75, 3.05) is 26.2 Å². The SMILES string of the molecule is CCOCc1ccc(C(=O)NCCn2nc(C3CCNC3)c3nccnc32)cc1. The molecule has 2 N–H and O–H groups in total. The quantitative estimate of drug-likeness (QED) is 0.606. The maximum Gasteiger partial charge on any atom is 0.251 e. The van der Waals surface area contributed by atoms with Gasteiger partial charge in [0.05, 0.1) is 18.8 Å². The third-order valence-electron chi connectivity index (χ3n) is 5.14. The molecule has 1 aliphatic rings. The van der Waals surface area contributed by atoms with Crippen LogP contribution < -0.4 is 10.6 Å². The lowest BCUT2D eigenvalue weighted by atomic mass is 10.0. The average molecular weight is 394 g/mol. The second kappa shape index (κ2) is 9.11. The Hall–Kier alpha value is -2.84. The molecule has 0 saturated carbocycles. The standard InChI is InChI=1S/C21H26N6O2/c1-2-29-14-15-3-5-16(6-4-15)21(28)25-11-12-27-20-19(23-9-10-24-20)18(26-27)17-7-8-22-13-17/h3-6,9-10,17,22H,2,7-8,11-14H2,1H3,(H,25,28). The van der Waals surface area contributed by atoms with Crippen LogP contribution in [0, 0.1) is 0 Å². The van der Waals surface area contributed by atoms with Gasteiger partial charge in [-0.1, -0.05) is 12.1 Å². The highest BCUT2D eigenvalue weighted by molar-refractivity contribution is 5.94. The number of ether oxygens (including phenoxy) is 1. The van der Waals surface area contributed by atoms with Crippen molar-refractivity contribution in [1.82, 2.24) is 30.4 Å². The van der Waals surface area contributed by atoms with Gasteiger partial charge in [0.15, 0.2) is 5.65 Å². The number of amides is 1. The van der Waals surface area contributed by atoms with E-state index in [1.165, 1.54) is 0 Å².